The smallest absolute Gasteiger partial charge is 0.410 e. The van der Waals surface area contributed by atoms with Gasteiger partial charge in [-0.2, -0.15) is 0 Å². The Labute approximate surface area is 206 Å². The highest BCUT2D eigenvalue weighted by Gasteiger charge is 2.30. The molecule has 1 saturated carbocycles. The second kappa shape index (κ2) is 10.1. The number of hydrogen-bond acceptors (Lipinski definition) is 4. The van der Waals surface area contributed by atoms with Gasteiger partial charge in [-0.05, 0) is 56.1 Å². The minimum absolute atomic E-state index is 0.000274. The number of carbonyl (C=O) groups excluding carboxylic acids is 1. The van der Waals surface area contributed by atoms with Gasteiger partial charge >= 0.3 is 6.09 Å². The Kier molecular flexibility index (Phi) is 6.71. The largest absolute Gasteiger partial charge is 0.446 e. The van der Waals surface area contributed by atoms with Crippen molar-refractivity contribution in [2.75, 3.05) is 6.54 Å². The monoisotopic (exact) mass is 471 g/mol. The van der Waals surface area contributed by atoms with Gasteiger partial charge in [0.2, 0.25) is 0 Å². The fraction of sp³-hybridized carbons (Fsp3) is 0.414. The minimum Gasteiger partial charge on any atom is -0.446 e. The number of aromatic nitrogens is 2. The van der Waals surface area contributed by atoms with Crippen molar-refractivity contribution in [3.05, 3.63) is 99.2 Å². The van der Waals surface area contributed by atoms with Crippen LogP contribution in [-0.2, 0) is 17.7 Å². The number of fused-ring (bicyclic) bond motifs is 1. The molecule has 2 aliphatic rings. The number of benzene rings is 2. The predicted molar refractivity (Wildman–Crippen MR) is 135 cm³/mol. The van der Waals surface area contributed by atoms with Gasteiger partial charge in [0.25, 0.3) is 5.56 Å². The zero-order chi connectivity index (χ0) is 24.4. The summed E-state index contributed by atoms with van der Waals surface area (Å²) in [6.07, 6.45) is 4.26. The molecule has 0 bridgehead atoms. The molecule has 182 valence electrons. The van der Waals surface area contributed by atoms with Crippen LogP contribution in [0.25, 0.3) is 0 Å². The van der Waals surface area contributed by atoms with Gasteiger partial charge in [-0.1, -0.05) is 67.6 Å². The summed E-state index contributed by atoms with van der Waals surface area (Å²) in [6.45, 7) is 4.91. The van der Waals surface area contributed by atoms with Gasteiger partial charge in [-0.15, -0.1) is 0 Å². The highest BCUT2D eigenvalue weighted by molar-refractivity contribution is 5.68. The lowest BCUT2D eigenvalue weighted by molar-refractivity contribution is 0.0361. The summed E-state index contributed by atoms with van der Waals surface area (Å²) in [5, 5.41) is 0. The Morgan fingerprint density at radius 2 is 1.57 bits per heavy atom. The summed E-state index contributed by atoms with van der Waals surface area (Å²) >= 11 is 0. The Morgan fingerprint density at radius 1 is 0.971 bits per heavy atom. The molecule has 0 unspecified atom stereocenters. The van der Waals surface area contributed by atoms with Crippen LogP contribution in [0, 0.1) is 12.8 Å². The average Bonchev–Trinajstić information content (AvgIpc) is 2.88. The van der Waals surface area contributed by atoms with Gasteiger partial charge < -0.3 is 9.64 Å². The van der Waals surface area contributed by atoms with Gasteiger partial charge in [-0.25, -0.2) is 9.78 Å². The van der Waals surface area contributed by atoms with E-state index in [1.807, 2.05) is 67.6 Å². The molecule has 1 aliphatic heterocycles. The number of ether oxygens (including phenoxy) is 1. The van der Waals surface area contributed by atoms with Crippen LogP contribution in [0.1, 0.15) is 66.9 Å². The number of amides is 1. The lowest BCUT2D eigenvalue weighted by Crippen LogP contribution is -2.43. The fourth-order valence-electron chi connectivity index (χ4n) is 5.41. The third-order valence-corrected chi connectivity index (χ3v) is 7.42. The molecule has 35 heavy (non-hydrogen) atoms. The Balaban J connectivity index is 1.43. The van der Waals surface area contributed by atoms with Crippen LogP contribution in [0.3, 0.4) is 0 Å². The minimum atomic E-state index is -0.287. The van der Waals surface area contributed by atoms with Crippen LogP contribution in [-0.4, -0.2) is 33.2 Å². The van der Waals surface area contributed by atoms with Crippen LogP contribution >= 0.6 is 0 Å². The Bertz CT molecular complexity index is 1190. The van der Waals surface area contributed by atoms with Crippen molar-refractivity contribution in [3.8, 4) is 0 Å². The first kappa shape index (κ1) is 23.3. The molecule has 0 radical (unpaired) electrons. The van der Waals surface area contributed by atoms with E-state index in [0.29, 0.717) is 42.5 Å². The van der Waals surface area contributed by atoms with E-state index in [1.54, 1.807) is 9.47 Å². The number of carbonyl (C=O) groups is 1. The maximum Gasteiger partial charge on any atom is 0.410 e. The normalized spacial score (nSPS) is 19.9. The van der Waals surface area contributed by atoms with Gasteiger partial charge in [0.15, 0.2) is 0 Å². The second-order valence-electron chi connectivity index (χ2n) is 9.92. The molecule has 3 aromatic rings. The van der Waals surface area contributed by atoms with E-state index in [2.05, 4.69) is 6.92 Å². The molecule has 1 aliphatic carbocycles. The van der Waals surface area contributed by atoms with Crippen LogP contribution in [0.2, 0.25) is 0 Å². The molecule has 1 fully saturated rings. The first-order valence-corrected chi connectivity index (χ1v) is 12.7. The third-order valence-electron chi connectivity index (χ3n) is 7.42. The summed E-state index contributed by atoms with van der Waals surface area (Å²) in [6, 6.07) is 19.9. The van der Waals surface area contributed by atoms with Crippen molar-refractivity contribution in [1.29, 1.82) is 0 Å². The van der Waals surface area contributed by atoms with E-state index in [4.69, 9.17) is 9.72 Å². The summed E-state index contributed by atoms with van der Waals surface area (Å²) in [5.41, 5.74) is 3.42. The van der Waals surface area contributed by atoms with Crippen LogP contribution in [0.15, 0.2) is 65.5 Å². The summed E-state index contributed by atoms with van der Waals surface area (Å²) in [7, 11) is 0. The van der Waals surface area contributed by atoms with Crippen molar-refractivity contribution < 1.29 is 9.53 Å². The zero-order valence-electron chi connectivity index (χ0n) is 20.5. The topological polar surface area (TPSA) is 64.4 Å². The molecule has 0 saturated heterocycles. The standard InChI is InChI=1S/C29H33N3O3/c1-20-13-15-24(16-14-20)35-29(34)31-18-17-25-26(19-31)30-21(2)32(28(25)33)27(22-9-5-3-6-10-22)23-11-7-4-8-12-23/h3-12,20,24,27H,13-19H2,1-2H3/t20-,24-. The summed E-state index contributed by atoms with van der Waals surface area (Å²) in [5.74, 6) is 1.35. The van der Waals surface area contributed by atoms with E-state index in [1.165, 1.54) is 0 Å². The maximum atomic E-state index is 13.8. The van der Waals surface area contributed by atoms with E-state index in [-0.39, 0.29) is 23.8 Å². The molecule has 2 heterocycles. The first-order chi connectivity index (χ1) is 17.0. The summed E-state index contributed by atoms with van der Waals surface area (Å²) in [4.78, 5) is 33.2. The number of hydrogen-bond donors (Lipinski definition) is 0. The molecule has 0 atom stereocenters. The Morgan fingerprint density at radius 3 is 2.17 bits per heavy atom. The van der Waals surface area contributed by atoms with E-state index in [0.717, 1.165) is 36.8 Å². The average molecular weight is 472 g/mol. The molecule has 6 nitrogen and oxygen atoms in total. The highest BCUT2D eigenvalue weighted by Crippen LogP contribution is 2.29. The molecule has 2 aromatic carbocycles. The van der Waals surface area contributed by atoms with Crippen molar-refractivity contribution in [1.82, 2.24) is 14.5 Å². The number of rotatable bonds is 4. The predicted octanol–water partition coefficient (Wildman–Crippen LogP) is 5.26. The van der Waals surface area contributed by atoms with Gasteiger partial charge in [0.1, 0.15) is 11.9 Å². The number of nitrogens with zero attached hydrogens (tertiary/aromatic N) is 3. The van der Waals surface area contributed by atoms with Crippen molar-refractivity contribution in [3.63, 3.8) is 0 Å². The Hall–Kier alpha value is -3.41. The summed E-state index contributed by atoms with van der Waals surface area (Å²) < 4.78 is 7.61. The van der Waals surface area contributed by atoms with Crippen molar-refractivity contribution in [2.45, 2.75) is 64.6 Å². The molecule has 6 heteroatoms. The third kappa shape index (κ3) is 4.88. The fourth-order valence-corrected chi connectivity index (χ4v) is 5.41. The molecular weight excluding hydrogens is 438 g/mol. The SMILES string of the molecule is Cc1nc2c(c(=O)n1C(c1ccccc1)c1ccccc1)CCN(C(=O)O[C@H]1CC[C@H](C)CC1)C2. The molecule has 0 spiro atoms. The van der Waals surface area contributed by atoms with Gasteiger partial charge in [0.05, 0.1) is 18.3 Å². The quantitative estimate of drug-likeness (QED) is 0.520. The van der Waals surface area contributed by atoms with Crippen LogP contribution in [0.5, 0.6) is 0 Å². The van der Waals surface area contributed by atoms with E-state index >= 15 is 0 Å². The first-order valence-electron chi connectivity index (χ1n) is 12.7. The second-order valence-corrected chi connectivity index (χ2v) is 9.92. The van der Waals surface area contributed by atoms with Crippen molar-refractivity contribution >= 4 is 6.09 Å². The number of aryl methyl sites for hydroxylation is 1. The van der Waals surface area contributed by atoms with Crippen LogP contribution < -0.4 is 5.56 Å². The van der Waals surface area contributed by atoms with Gasteiger partial charge in [0, 0.05) is 12.1 Å². The molecule has 5 rings (SSSR count). The molecule has 1 aromatic heterocycles. The van der Waals surface area contributed by atoms with Crippen molar-refractivity contribution in [2.24, 2.45) is 5.92 Å². The zero-order valence-corrected chi connectivity index (χ0v) is 20.5. The van der Waals surface area contributed by atoms with Gasteiger partial charge in [-0.3, -0.25) is 9.36 Å². The molecular formula is C29H33N3O3. The lowest BCUT2D eigenvalue weighted by atomic mass is 9.89. The van der Waals surface area contributed by atoms with Crippen LogP contribution in [0.4, 0.5) is 4.79 Å². The molecule has 1 amide bonds. The maximum absolute atomic E-state index is 13.8. The van der Waals surface area contributed by atoms with E-state index < -0.39 is 0 Å². The molecule has 0 N–H and O–H groups in total. The highest BCUT2D eigenvalue weighted by atomic mass is 16.6. The lowest BCUT2D eigenvalue weighted by Gasteiger charge is -2.32. The van der Waals surface area contributed by atoms with E-state index in [9.17, 15) is 9.59 Å².